The van der Waals surface area contributed by atoms with Crippen LogP contribution in [0.25, 0.3) is 0 Å². The lowest BCUT2D eigenvalue weighted by Gasteiger charge is -2.10. The summed E-state index contributed by atoms with van der Waals surface area (Å²) in [5.41, 5.74) is 1.22. The predicted octanol–water partition coefficient (Wildman–Crippen LogP) is 3.18. The van der Waals surface area contributed by atoms with Gasteiger partial charge in [0.15, 0.2) is 0 Å². The van der Waals surface area contributed by atoms with Gasteiger partial charge in [-0.3, -0.25) is 0 Å². The van der Waals surface area contributed by atoms with Crippen LogP contribution in [0.2, 0.25) is 5.02 Å². The topological polar surface area (TPSA) is 12.0 Å². The van der Waals surface area contributed by atoms with Crippen LogP contribution < -0.4 is 5.32 Å². The fourth-order valence-corrected chi connectivity index (χ4v) is 2.48. The zero-order chi connectivity index (χ0) is 10.4. The number of hydrogen-bond donors (Lipinski definition) is 1. The Morgan fingerprint density at radius 1 is 1.43 bits per heavy atom. The van der Waals surface area contributed by atoms with E-state index >= 15 is 0 Å². The van der Waals surface area contributed by atoms with Crippen LogP contribution in [-0.2, 0) is 5.75 Å². The molecule has 1 atom stereocenters. The highest BCUT2D eigenvalue weighted by atomic mass is 35.5. The molecule has 1 N–H and O–H groups in total. The van der Waals surface area contributed by atoms with Crippen LogP contribution in [-0.4, -0.2) is 18.8 Å². The van der Waals surface area contributed by atoms with Crippen LogP contribution in [0.5, 0.6) is 0 Å². The van der Waals surface area contributed by atoms with Crippen molar-refractivity contribution in [2.45, 2.75) is 17.9 Å². The minimum atomic E-state index is 0.622. The van der Waals surface area contributed by atoms with Gasteiger partial charge in [-0.2, -0.15) is 11.8 Å². The Labute approximate surface area is 95.2 Å². The van der Waals surface area contributed by atoms with Crippen molar-refractivity contribution in [1.82, 2.24) is 5.32 Å². The number of hydrogen-bond acceptors (Lipinski definition) is 2. The van der Waals surface area contributed by atoms with E-state index in [0.717, 1.165) is 17.3 Å². The molecule has 3 heteroatoms. The van der Waals surface area contributed by atoms with E-state index in [9.17, 15) is 0 Å². The van der Waals surface area contributed by atoms with E-state index in [1.54, 1.807) is 0 Å². The van der Waals surface area contributed by atoms with Crippen molar-refractivity contribution in [1.29, 1.82) is 0 Å². The van der Waals surface area contributed by atoms with E-state index in [1.807, 2.05) is 37.0 Å². The maximum atomic E-state index is 6.06. The normalized spacial score (nSPS) is 12.8. The Kier molecular flexibility index (Phi) is 5.38. The minimum absolute atomic E-state index is 0.622. The monoisotopic (exact) mass is 229 g/mol. The largest absolute Gasteiger partial charge is 0.319 e. The van der Waals surface area contributed by atoms with Crippen molar-refractivity contribution in [3.63, 3.8) is 0 Å². The molecular weight excluding hydrogens is 214 g/mol. The lowest BCUT2D eigenvalue weighted by Crippen LogP contribution is -2.17. The third kappa shape index (κ3) is 3.91. The molecule has 0 aliphatic carbocycles. The van der Waals surface area contributed by atoms with Crippen molar-refractivity contribution < 1.29 is 0 Å². The molecule has 0 radical (unpaired) electrons. The fraction of sp³-hybridized carbons (Fsp3) is 0.455. The van der Waals surface area contributed by atoms with E-state index in [4.69, 9.17) is 11.6 Å². The molecule has 1 aromatic carbocycles. The van der Waals surface area contributed by atoms with E-state index in [1.165, 1.54) is 5.56 Å². The molecule has 78 valence electrons. The first-order chi connectivity index (χ1) is 6.74. The molecule has 0 spiro atoms. The molecule has 1 unspecified atom stereocenters. The first-order valence-electron chi connectivity index (χ1n) is 4.73. The third-order valence-corrected chi connectivity index (χ3v) is 3.55. The highest BCUT2D eigenvalue weighted by Crippen LogP contribution is 2.22. The van der Waals surface area contributed by atoms with E-state index in [0.29, 0.717) is 5.25 Å². The second-order valence-electron chi connectivity index (χ2n) is 3.27. The first kappa shape index (κ1) is 11.9. The van der Waals surface area contributed by atoms with Gasteiger partial charge < -0.3 is 5.32 Å². The summed E-state index contributed by atoms with van der Waals surface area (Å²) in [7, 11) is 1.98. The number of nitrogens with one attached hydrogen (secondary N) is 1. The van der Waals surface area contributed by atoms with E-state index < -0.39 is 0 Å². The molecule has 0 aliphatic rings. The van der Waals surface area contributed by atoms with Crippen molar-refractivity contribution in [3.8, 4) is 0 Å². The van der Waals surface area contributed by atoms with Gasteiger partial charge in [0.2, 0.25) is 0 Å². The van der Waals surface area contributed by atoms with Crippen molar-refractivity contribution in [2.75, 3.05) is 13.6 Å². The average Bonchev–Trinajstić information content (AvgIpc) is 2.17. The van der Waals surface area contributed by atoms with Crippen LogP contribution in [0, 0.1) is 0 Å². The van der Waals surface area contributed by atoms with E-state index in [2.05, 4.69) is 18.3 Å². The smallest absolute Gasteiger partial charge is 0.0446 e. The lowest BCUT2D eigenvalue weighted by molar-refractivity contribution is 0.785. The van der Waals surface area contributed by atoms with Crippen molar-refractivity contribution in [2.24, 2.45) is 0 Å². The molecule has 14 heavy (non-hydrogen) atoms. The highest BCUT2D eigenvalue weighted by molar-refractivity contribution is 7.99. The summed E-state index contributed by atoms with van der Waals surface area (Å²) in [6.07, 6.45) is 0. The molecule has 1 rings (SSSR count). The number of benzene rings is 1. The molecule has 0 saturated carbocycles. The molecule has 0 aliphatic heterocycles. The fourth-order valence-electron chi connectivity index (χ4n) is 1.19. The summed E-state index contributed by atoms with van der Waals surface area (Å²) in [4.78, 5) is 0. The Morgan fingerprint density at radius 3 is 2.79 bits per heavy atom. The van der Waals surface area contributed by atoms with Crippen molar-refractivity contribution >= 4 is 23.4 Å². The SMILES string of the molecule is CNCC(C)SCc1ccccc1Cl. The third-order valence-electron chi connectivity index (χ3n) is 1.97. The maximum Gasteiger partial charge on any atom is 0.0446 e. The van der Waals surface area contributed by atoms with Crippen molar-refractivity contribution in [3.05, 3.63) is 34.9 Å². The molecule has 0 aromatic heterocycles. The molecule has 0 saturated heterocycles. The Bertz CT molecular complexity index is 278. The first-order valence-corrected chi connectivity index (χ1v) is 6.16. The summed E-state index contributed by atoms with van der Waals surface area (Å²) in [5, 5.41) is 4.66. The van der Waals surface area contributed by atoms with Crippen LogP contribution >= 0.6 is 23.4 Å². The summed E-state index contributed by atoms with van der Waals surface area (Å²) < 4.78 is 0. The van der Waals surface area contributed by atoms with Gasteiger partial charge in [-0.05, 0) is 18.7 Å². The Balaban J connectivity index is 2.41. The van der Waals surface area contributed by atoms with Gasteiger partial charge in [-0.1, -0.05) is 36.7 Å². The number of thioether (sulfide) groups is 1. The molecule has 0 amide bonds. The Hall–Kier alpha value is -0.180. The molecule has 0 fully saturated rings. The maximum absolute atomic E-state index is 6.06. The highest BCUT2D eigenvalue weighted by Gasteiger charge is 2.03. The zero-order valence-corrected chi connectivity index (χ0v) is 10.2. The predicted molar refractivity (Wildman–Crippen MR) is 66.1 cm³/mol. The van der Waals surface area contributed by atoms with Crippen LogP contribution in [0.4, 0.5) is 0 Å². The zero-order valence-electron chi connectivity index (χ0n) is 8.59. The number of rotatable bonds is 5. The van der Waals surface area contributed by atoms with Crippen LogP contribution in [0.1, 0.15) is 12.5 Å². The van der Waals surface area contributed by atoms with Gasteiger partial charge in [0.25, 0.3) is 0 Å². The second kappa shape index (κ2) is 6.33. The molecule has 1 nitrogen and oxygen atoms in total. The molecule has 1 aromatic rings. The Morgan fingerprint density at radius 2 is 2.14 bits per heavy atom. The summed E-state index contributed by atoms with van der Waals surface area (Å²) >= 11 is 7.98. The molecule has 0 bridgehead atoms. The lowest BCUT2D eigenvalue weighted by atomic mass is 10.2. The standard InChI is InChI=1S/C11H16ClNS/c1-9(7-13-2)14-8-10-5-3-4-6-11(10)12/h3-6,9,13H,7-8H2,1-2H3. The molecular formula is C11H16ClNS. The minimum Gasteiger partial charge on any atom is -0.319 e. The van der Waals surface area contributed by atoms with Gasteiger partial charge in [0.1, 0.15) is 0 Å². The van der Waals surface area contributed by atoms with Gasteiger partial charge in [0, 0.05) is 22.6 Å². The van der Waals surface area contributed by atoms with Crippen LogP contribution in [0.3, 0.4) is 0 Å². The van der Waals surface area contributed by atoms with E-state index in [-0.39, 0.29) is 0 Å². The molecule has 0 heterocycles. The van der Waals surface area contributed by atoms with Gasteiger partial charge in [0.05, 0.1) is 0 Å². The number of halogens is 1. The van der Waals surface area contributed by atoms with Gasteiger partial charge in [-0.25, -0.2) is 0 Å². The van der Waals surface area contributed by atoms with Gasteiger partial charge >= 0.3 is 0 Å². The summed E-state index contributed by atoms with van der Waals surface area (Å²) in [6.45, 7) is 3.26. The second-order valence-corrected chi connectivity index (χ2v) is 5.10. The van der Waals surface area contributed by atoms with Gasteiger partial charge in [-0.15, -0.1) is 0 Å². The summed E-state index contributed by atoms with van der Waals surface area (Å²) in [5.74, 6) is 0.989. The quantitative estimate of drug-likeness (QED) is 0.833. The van der Waals surface area contributed by atoms with Crippen LogP contribution in [0.15, 0.2) is 24.3 Å². The average molecular weight is 230 g/mol. The summed E-state index contributed by atoms with van der Waals surface area (Å²) in [6, 6.07) is 8.03.